The van der Waals surface area contributed by atoms with Gasteiger partial charge in [0.05, 0.1) is 5.69 Å². The van der Waals surface area contributed by atoms with E-state index in [1.54, 1.807) is 6.20 Å². The summed E-state index contributed by atoms with van der Waals surface area (Å²) in [5, 5.41) is 0. The van der Waals surface area contributed by atoms with Crippen LogP contribution in [-0.4, -0.2) is 9.97 Å². The van der Waals surface area contributed by atoms with Gasteiger partial charge in [0.25, 0.3) is 0 Å². The molecule has 2 N–H and O–H groups in total. The predicted molar refractivity (Wildman–Crippen MR) is 66.0 cm³/mol. The number of para-hydroxylation sites is 1. The van der Waals surface area contributed by atoms with E-state index in [0.717, 1.165) is 22.8 Å². The molecule has 0 fully saturated rings. The second-order valence-electron chi connectivity index (χ2n) is 4.04. The number of nitrogen functional groups attached to an aromatic ring is 1. The van der Waals surface area contributed by atoms with E-state index < -0.39 is 0 Å². The Morgan fingerprint density at radius 2 is 1.88 bits per heavy atom. The van der Waals surface area contributed by atoms with Crippen LogP contribution in [0.5, 0.6) is 0 Å². The van der Waals surface area contributed by atoms with Gasteiger partial charge in [0, 0.05) is 23.4 Å². The third-order valence-electron chi connectivity index (χ3n) is 2.43. The van der Waals surface area contributed by atoms with Crippen molar-refractivity contribution in [2.24, 2.45) is 0 Å². The summed E-state index contributed by atoms with van der Waals surface area (Å²) in [6.45, 7) is 4.15. The van der Waals surface area contributed by atoms with E-state index in [9.17, 15) is 0 Å². The first-order chi connectivity index (χ1) is 7.68. The third kappa shape index (κ3) is 2.03. The molecule has 1 aromatic carbocycles. The summed E-state index contributed by atoms with van der Waals surface area (Å²) in [5.41, 5.74) is 8.52. The highest BCUT2D eigenvalue weighted by Crippen LogP contribution is 2.24. The minimum atomic E-state index is 0.324. The van der Waals surface area contributed by atoms with Crippen molar-refractivity contribution in [3.63, 3.8) is 0 Å². The number of rotatable bonds is 2. The Labute approximate surface area is 95.4 Å². The largest absolute Gasteiger partial charge is 0.398 e. The van der Waals surface area contributed by atoms with Gasteiger partial charge >= 0.3 is 0 Å². The second kappa shape index (κ2) is 4.31. The van der Waals surface area contributed by atoms with Crippen LogP contribution in [0.15, 0.2) is 36.5 Å². The van der Waals surface area contributed by atoms with Gasteiger partial charge in [-0.3, -0.25) is 0 Å². The van der Waals surface area contributed by atoms with Crippen molar-refractivity contribution in [3.8, 4) is 11.3 Å². The minimum absolute atomic E-state index is 0.324. The number of benzene rings is 1. The lowest BCUT2D eigenvalue weighted by molar-refractivity contribution is 0.776. The van der Waals surface area contributed by atoms with Crippen LogP contribution in [0, 0.1) is 0 Å². The molecule has 2 aromatic rings. The number of aromatic nitrogens is 2. The summed E-state index contributed by atoms with van der Waals surface area (Å²) in [6, 6.07) is 9.62. The topological polar surface area (TPSA) is 51.8 Å². The highest BCUT2D eigenvalue weighted by molar-refractivity contribution is 5.73. The first kappa shape index (κ1) is 10.6. The van der Waals surface area contributed by atoms with Crippen LogP contribution in [0.25, 0.3) is 11.3 Å². The zero-order valence-corrected chi connectivity index (χ0v) is 9.51. The van der Waals surface area contributed by atoms with Crippen LogP contribution in [0.2, 0.25) is 0 Å². The predicted octanol–water partition coefficient (Wildman–Crippen LogP) is 2.85. The van der Waals surface area contributed by atoms with Gasteiger partial charge in [-0.05, 0) is 12.1 Å². The molecular weight excluding hydrogens is 198 g/mol. The molecule has 82 valence electrons. The lowest BCUT2D eigenvalue weighted by Crippen LogP contribution is -1.99. The maximum atomic E-state index is 5.92. The Morgan fingerprint density at radius 3 is 2.56 bits per heavy atom. The Balaban J connectivity index is 2.49. The summed E-state index contributed by atoms with van der Waals surface area (Å²) >= 11 is 0. The van der Waals surface area contributed by atoms with Crippen LogP contribution < -0.4 is 5.73 Å². The quantitative estimate of drug-likeness (QED) is 0.780. The van der Waals surface area contributed by atoms with Crippen LogP contribution in [0.3, 0.4) is 0 Å². The Hall–Kier alpha value is -1.90. The summed E-state index contributed by atoms with van der Waals surface area (Å²) < 4.78 is 0. The molecule has 1 heterocycles. The van der Waals surface area contributed by atoms with Gasteiger partial charge in [-0.2, -0.15) is 0 Å². The molecule has 0 saturated carbocycles. The maximum Gasteiger partial charge on any atom is 0.131 e. The fourth-order valence-corrected chi connectivity index (χ4v) is 1.53. The van der Waals surface area contributed by atoms with Gasteiger partial charge < -0.3 is 5.73 Å². The van der Waals surface area contributed by atoms with Gasteiger partial charge in [-0.15, -0.1) is 0 Å². The molecule has 2 rings (SSSR count). The van der Waals surface area contributed by atoms with Crippen LogP contribution in [0.4, 0.5) is 5.69 Å². The van der Waals surface area contributed by atoms with Crippen molar-refractivity contribution in [1.29, 1.82) is 0 Å². The molecule has 0 radical (unpaired) electrons. The second-order valence-corrected chi connectivity index (χ2v) is 4.04. The van der Waals surface area contributed by atoms with E-state index in [2.05, 4.69) is 23.8 Å². The van der Waals surface area contributed by atoms with Crippen molar-refractivity contribution >= 4 is 5.69 Å². The number of nitrogens with zero attached hydrogens (tertiary/aromatic N) is 2. The molecule has 0 aliphatic rings. The number of hydrogen-bond acceptors (Lipinski definition) is 3. The minimum Gasteiger partial charge on any atom is -0.398 e. The van der Waals surface area contributed by atoms with Crippen LogP contribution >= 0.6 is 0 Å². The maximum absolute atomic E-state index is 5.92. The van der Waals surface area contributed by atoms with E-state index in [4.69, 9.17) is 5.73 Å². The lowest BCUT2D eigenvalue weighted by atomic mass is 10.1. The Morgan fingerprint density at radius 1 is 1.12 bits per heavy atom. The molecule has 0 bridgehead atoms. The molecule has 16 heavy (non-hydrogen) atoms. The molecule has 0 aliphatic carbocycles. The number of nitrogens with two attached hydrogens (primary N) is 1. The zero-order chi connectivity index (χ0) is 11.5. The highest BCUT2D eigenvalue weighted by atomic mass is 14.9. The smallest absolute Gasteiger partial charge is 0.131 e. The first-order valence-electron chi connectivity index (χ1n) is 5.36. The summed E-state index contributed by atoms with van der Waals surface area (Å²) in [7, 11) is 0. The number of anilines is 1. The third-order valence-corrected chi connectivity index (χ3v) is 2.43. The van der Waals surface area contributed by atoms with Crippen molar-refractivity contribution in [1.82, 2.24) is 9.97 Å². The molecule has 0 amide bonds. The molecular formula is C13H15N3. The van der Waals surface area contributed by atoms with E-state index >= 15 is 0 Å². The van der Waals surface area contributed by atoms with Crippen LogP contribution in [0.1, 0.15) is 25.6 Å². The van der Waals surface area contributed by atoms with E-state index in [1.165, 1.54) is 0 Å². The highest BCUT2D eigenvalue weighted by Gasteiger charge is 2.07. The van der Waals surface area contributed by atoms with Crippen molar-refractivity contribution in [2.75, 3.05) is 5.73 Å². The summed E-state index contributed by atoms with van der Waals surface area (Å²) in [6.07, 6.45) is 1.78. The zero-order valence-electron chi connectivity index (χ0n) is 9.51. The standard InChI is InChI=1S/C13H15N3/c1-9(2)13-15-8-7-12(16-13)10-5-3-4-6-11(10)14/h3-9H,14H2,1-2H3. The molecule has 3 nitrogen and oxygen atoms in total. The van der Waals surface area contributed by atoms with Gasteiger partial charge in [0.15, 0.2) is 0 Å². The fraction of sp³-hybridized carbons (Fsp3) is 0.231. The fourth-order valence-electron chi connectivity index (χ4n) is 1.53. The Kier molecular flexibility index (Phi) is 2.86. The molecule has 0 spiro atoms. The first-order valence-corrected chi connectivity index (χ1v) is 5.36. The SMILES string of the molecule is CC(C)c1nccc(-c2ccccc2N)n1. The normalized spacial score (nSPS) is 10.7. The molecule has 0 aliphatic heterocycles. The molecule has 0 atom stereocenters. The molecule has 3 heteroatoms. The van der Waals surface area contributed by atoms with Gasteiger partial charge in [-0.1, -0.05) is 32.0 Å². The average molecular weight is 213 g/mol. The summed E-state index contributed by atoms with van der Waals surface area (Å²) in [5.74, 6) is 1.17. The van der Waals surface area contributed by atoms with Gasteiger partial charge in [0.2, 0.25) is 0 Å². The lowest BCUT2D eigenvalue weighted by Gasteiger charge is -2.07. The molecule has 0 unspecified atom stereocenters. The van der Waals surface area contributed by atoms with Crippen molar-refractivity contribution in [2.45, 2.75) is 19.8 Å². The van der Waals surface area contributed by atoms with Crippen molar-refractivity contribution in [3.05, 3.63) is 42.4 Å². The van der Waals surface area contributed by atoms with E-state index in [-0.39, 0.29) is 0 Å². The summed E-state index contributed by atoms with van der Waals surface area (Å²) in [4.78, 5) is 8.75. The number of hydrogen-bond donors (Lipinski definition) is 1. The molecule has 1 aromatic heterocycles. The van der Waals surface area contributed by atoms with Crippen LogP contribution in [-0.2, 0) is 0 Å². The Bertz CT molecular complexity index is 492. The van der Waals surface area contributed by atoms with E-state index in [1.807, 2.05) is 30.3 Å². The average Bonchev–Trinajstić information content (AvgIpc) is 2.30. The van der Waals surface area contributed by atoms with Gasteiger partial charge in [0.1, 0.15) is 5.82 Å². The molecule has 0 saturated heterocycles. The van der Waals surface area contributed by atoms with Gasteiger partial charge in [-0.25, -0.2) is 9.97 Å². The monoisotopic (exact) mass is 213 g/mol. The van der Waals surface area contributed by atoms with Crippen molar-refractivity contribution < 1.29 is 0 Å². The van der Waals surface area contributed by atoms with E-state index in [0.29, 0.717) is 5.92 Å².